The third-order valence-electron chi connectivity index (χ3n) is 6.57. The molecule has 3 N–H and O–H groups in total. The van der Waals surface area contributed by atoms with Gasteiger partial charge in [0.2, 0.25) is 0 Å². The minimum atomic E-state index is -1.97. The lowest BCUT2D eigenvalue weighted by Crippen LogP contribution is -2.48. The van der Waals surface area contributed by atoms with Crippen LogP contribution in [0.4, 0.5) is 0 Å². The third-order valence-corrected chi connectivity index (χ3v) is 7.72. The Morgan fingerprint density at radius 3 is 2.72 bits per heavy atom. The molecule has 5 aromatic rings. The number of pyridine rings is 2. The standard InChI is InChI=1S/C25H22N7O3S/c1-2-3-10-32-12-18(15-4-7-27-21(15)24(32)33)19-11-20(25(36(26)34)13-35-14-25)31-23(30-19)17-6-9-29-22-16(17)5-8-28-22/h2,4-9,11-12,26-27H,1,3,10,13-14H2,(H,28,29)/q-1. The van der Waals surface area contributed by atoms with Crippen LogP contribution in [0.25, 0.3) is 44.6 Å². The summed E-state index contributed by atoms with van der Waals surface area (Å²) in [7, 11) is -1.97. The van der Waals surface area contributed by atoms with E-state index in [4.69, 9.17) is 19.5 Å². The molecule has 0 bridgehead atoms. The van der Waals surface area contributed by atoms with Crippen molar-refractivity contribution in [2.45, 2.75) is 17.7 Å². The first-order chi connectivity index (χ1) is 17.5. The van der Waals surface area contributed by atoms with E-state index in [1.54, 1.807) is 41.5 Å². The Bertz CT molecular complexity index is 1770. The number of aromatic nitrogens is 6. The number of aryl methyl sites for hydroxylation is 1. The minimum Gasteiger partial charge on any atom is -0.444 e. The monoisotopic (exact) mass is 500 g/mol. The zero-order chi connectivity index (χ0) is 24.9. The molecule has 182 valence electrons. The summed E-state index contributed by atoms with van der Waals surface area (Å²) in [6.07, 6.45) is 9.38. The predicted molar refractivity (Wildman–Crippen MR) is 137 cm³/mol. The number of H-pyrrole nitrogens is 2. The maximum absolute atomic E-state index is 13.0. The first-order valence-electron chi connectivity index (χ1n) is 11.4. The molecule has 0 spiro atoms. The lowest BCUT2D eigenvalue weighted by Gasteiger charge is -2.44. The van der Waals surface area contributed by atoms with Gasteiger partial charge in [0.15, 0.2) is 5.82 Å². The first kappa shape index (κ1) is 22.4. The zero-order valence-corrected chi connectivity index (χ0v) is 20.0. The molecule has 0 atom stereocenters. The van der Waals surface area contributed by atoms with E-state index >= 15 is 0 Å². The van der Waals surface area contributed by atoms with Gasteiger partial charge in [-0.1, -0.05) is 6.08 Å². The molecule has 5 aromatic heterocycles. The largest absolute Gasteiger partial charge is 0.444 e. The molecule has 1 aliphatic rings. The number of nitrogens with zero attached hydrogens (tertiary/aromatic N) is 4. The topological polar surface area (TPSA) is 142 Å². The maximum atomic E-state index is 13.0. The van der Waals surface area contributed by atoms with Crippen molar-refractivity contribution < 1.29 is 8.95 Å². The number of nitrogens with one attached hydrogen (secondary N) is 3. The third kappa shape index (κ3) is 3.39. The molecule has 0 unspecified atom stereocenters. The van der Waals surface area contributed by atoms with E-state index in [1.165, 1.54) is 0 Å². The van der Waals surface area contributed by atoms with Gasteiger partial charge in [-0.15, -0.1) is 6.58 Å². The second kappa shape index (κ2) is 8.54. The molecular weight excluding hydrogens is 478 g/mol. The van der Waals surface area contributed by atoms with Gasteiger partial charge in [-0.05, 0) is 30.7 Å². The summed E-state index contributed by atoms with van der Waals surface area (Å²) in [6.45, 7) is 4.50. The van der Waals surface area contributed by atoms with Gasteiger partial charge in [0.25, 0.3) is 5.56 Å². The van der Waals surface area contributed by atoms with Gasteiger partial charge in [-0.3, -0.25) is 4.79 Å². The molecule has 1 saturated heterocycles. The van der Waals surface area contributed by atoms with Gasteiger partial charge in [0, 0.05) is 76.9 Å². The van der Waals surface area contributed by atoms with Crippen LogP contribution in [0.3, 0.4) is 0 Å². The lowest BCUT2D eigenvalue weighted by molar-refractivity contribution is -0.0150. The smallest absolute Gasteiger partial charge is 0.274 e. The lowest BCUT2D eigenvalue weighted by atomic mass is 9.99. The highest BCUT2D eigenvalue weighted by molar-refractivity contribution is 7.74. The van der Waals surface area contributed by atoms with Crippen LogP contribution in [0.15, 0.2) is 66.5 Å². The number of fused-ring (bicyclic) bond motifs is 2. The van der Waals surface area contributed by atoms with Crippen LogP contribution in [-0.4, -0.2) is 42.7 Å². The molecule has 0 amide bonds. The molecule has 36 heavy (non-hydrogen) atoms. The molecule has 1 aliphatic heterocycles. The number of rotatable bonds is 7. The van der Waals surface area contributed by atoms with E-state index in [0.29, 0.717) is 41.3 Å². The van der Waals surface area contributed by atoms with Gasteiger partial charge in [0.05, 0.1) is 5.69 Å². The first-order valence-corrected chi connectivity index (χ1v) is 12.5. The van der Waals surface area contributed by atoms with E-state index in [-0.39, 0.29) is 18.8 Å². The summed E-state index contributed by atoms with van der Waals surface area (Å²) in [4.78, 5) is 33.2. The summed E-state index contributed by atoms with van der Waals surface area (Å²) in [5.74, 6) is 0.416. The van der Waals surface area contributed by atoms with Crippen molar-refractivity contribution in [1.29, 1.82) is 4.78 Å². The van der Waals surface area contributed by atoms with Gasteiger partial charge in [0.1, 0.15) is 11.2 Å². The number of ether oxygens (including phenoxy) is 1. The van der Waals surface area contributed by atoms with E-state index in [9.17, 15) is 9.00 Å². The highest BCUT2D eigenvalue weighted by atomic mass is 32.2. The van der Waals surface area contributed by atoms with E-state index < -0.39 is 15.3 Å². The Labute approximate surface area is 207 Å². The van der Waals surface area contributed by atoms with E-state index in [1.807, 2.05) is 18.2 Å². The normalized spacial score (nSPS) is 14.9. The molecule has 6 rings (SSSR count). The fraction of sp³-hybridized carbons (Fsp3) is 0.200. The van der Waals surface area contributed by atoms with Crippen molar-refractivity contribution >= 4 is 32.5 Å². The van der Waals surface area contributed by atoms with E-state index in [2.05, 4.69) is 21.5 Å². The van der Waals surface area contributed by atoms with Crippen LogP contribution >= 0.6 is 0 Å². The van der Waals surface area contributed by atoms with Crippen LogP contribution in [-0.2, 0) is 30.8 Å². The quantitative estimate of drug-likeness (QED) is 0.229. The van der Waals surface area contributed by atoms with Gasteiger partial charge in [-0.25, -0.2) is 15.0 Å². The van der Waals surface area contributed by atoms with Crippen molar-refractivity contribution in [2.75, 3.05) is 13.2 Å². The fourth-order valence-electron chi connectivity index (χ4n) is 4.53. The van der Waals surface area contributed by atoms with Gasteiger partial charge < -0.3 is 28.3 Å². The predicted octanol–water partition coefficient (Wildman–Crippen LogP) is 3.86. The molecule has 6 heterocycles. The van der Waals surface area contributed by atoms with Crippen LogP contribution in [0.2, 0.25) is 0 Å². The van der Waals surface area contributed by atoms with Crippen LogP contribution < -0.4 is 5.56 Å². The Hall–Kier alpha value is -4.09. The molecule has 0 aliphatic carbocycles. The summed E-state index contributed by atoms with van der Waals surface area (Å²) in [5, 5.41) is 1.56. The van der Waals surface area contributed by atoms with Crippen molar-refractivity contribution in [3.8, 4) is 22.6 Å². The van der Waals surface area contributed by atoms with Crippen molar-refractivity contribution in [1.82, 2.24) is 29.5 Å². The Morgan fingerprint density at radius 1 is 1.17 bits per heavy atom. The van der Waals surface area contributed by atoms with Crippen molar-refractivity contribution in [3.05, 3.63) is 77.8 Å². The SMILES string of the molecule is C=CCCn1cc(-c2cc(C3([S-](=N)=O)COC3)nc(-c3ccnc4[nH]ccc34)n2)c2cc[nH]c2c1=O. The zero-order valence-electron chi connectivity index (χ0n) is 19.2. The van der Waals surface area contributed by atoms with Gasteiger partial charge >= 0.3 is 0 Å². The van der Waals surface area contributed by atoms with Gasteiger partial charge in [-0.2, -0.15) is 10.6 Å². The van der Waals surface area contributed by atoms with Crippen LogP contribution in [0, 0.1) is 4.78 Å². The fourth-order valence-corrected chi connectivity index (χ4v) is 5.21. The number of aromatic amines is 2. The Balaban J connectivity index is 1.65. The summed E-state index contributed by atoms with van der Waals surface area (Å²) in [6, 6.07) is 7.33. The summed E-state index contributed by atoms with van der Waals surface area (Å²) < 4.78 is 26.6. The molecule has 1 fully saturated rings. The van der Waals surface area contributed by atoms with Crippen LogP contribution in [0.5, 0.6) is 0 Å². The van der Waals surface area contributed by atoms with Crippen LogP contribution in [0.1, 0.15) is 12.1 Å². The Kier molecular flexibility index (Phi) is 5.31. The molecule has 0 saturated carbocycles. The minimum absolute atomic E-state index is 0.130. The summed E-state index contributed by atoms with van der Waals surface area (Å²) >= 11 is 0. The Morgan fingerprint density at radius 2 is 1.97 bits per heavy atom. The molecule has 0 radical (unpaired) electrons. The molecule has 10 nitrogen and oxygen atoms in total. The van der Waals surface area contributed by atoms with Crippen molar-refractivity contribution in [3.63, 3.8) is 0 Å². The second-order valence-corrected chi connectivity index (χ2v) is 10.0. The molecule has 11 heteroatoms. The second-order valence-electron chi connectivity index (χ2n) is 8.70. The highest BCUT2D eigenvalue weighted by Crippen LogP contribution is 2.37. The average Bonchev–Trinajstić information content (AvgIpc) is 3.52. The number of hydrogen-bond acceptors (Lipinski definition) is 8. The highest BCUT2D eigenvalue weighted by Gasteiger charge is 2.37. The number of allylic oxidation sites excluding steroid dienone is 1. The average molecular weight is 501 g/mol. The maximum Gasteiger partial charge on any atom is 0.274 e. The molecule has 0 aromatic carbocycles. The van der Waals surface area contributed by atoms with Crippen molar-refractivity contribution in [2.24, 2.45) is 0 Å². The number of hydrogen-bond donors (Lipinski definition) is 3. The summed E-state index contributed by atoms with van der Waals surface area (Å²) in [5.41, 5.74) is 3.54. The van der Waals surface area contributed by atoms with E-state index in [0.717, 1.165) is 21.9 Å². The molecular formula is C25H22N7O3S-.